The lowest BCUT2D eigenvalue weighted by Gasteiger charge is -2.22. The maximum atomic E-state index is 12.2. The van der Waals surface area contributed by atoms with E-state index in [-0.39, 0.29) is 13.0 Å². The number of likely N-dealkylation sites (tertiary alicyclic amines) is 1. The van der Waals surface area contributed by atoms with Crippen molar-refractivity contribution in [3.05, 3.63) is 12.2 Å². The van der Waals surface area contributed by atoms with E-state index in [0.29, 0.717) is 10.5 Å². The smallest absolute Gasteiger partial charge is 0.467 e. The van der Waals surface area contributed by atoms with Crippen molar-refractivity contribution in [2.45, 2.75) is 18.6 Å². The number of esters is 1. The minimum Gasteiger partial charge on any atom is -0.467 e. The monoisotopic (exact) mass is 237 g/mol. The molecule has 0 aromatic carbocycles. The van der Waals surface area contributed by atoms with Gasteiger partial charge in [-0.1, -0.05) is 12.2 Å². The van der Waals surface area contributed by atoms with Gasteiger partial charge in [0, 0.05) is 13.0 Å². The summed E-state index contributed by atoms with van der Waals surface area (Å²) in [6.07, 6.45) is -4.98. The summed E-state index contributed by atoms with van der Waals surface area (Å²) in [6, 6.07) is -1.22. The molecule has 16 heavy (non-hydrogen) atoms. The zero-order valence-electron chi connectivity index (χ0n) is 8.50. The first kappa shape index (κ1) is 12.5. The van der Waals surface area contributed by atoms with Crippen LogP contribution in [-0.2, 0) is 14.3 Å². The van der Waals surface area contributed by atoms with Crippen LogP contribution in [0.5, 0.6) is 0 Å². The lowest BCUT2D eigenvalue weighted by molar-refractivity contribution is -0.188. The van der Waals surface area contributed by atoms with E-state index in [1.54, 1.807) is 0 Å². The van der Waals surface area contributed by atoms with Crippen molar-refractivity contribution >= 4 is 11.9 Å². The quantitative estimate of drug-likeness (QED) is 0.502. The molecule has 1 amide bonds. The molecule has 1 fully saturated rings. The Morgan fingerprint density at radius 2 is 2.06 bits per heavy atom. The van der Waals surface area contributed by atoms with Crippen LogP contribution < -0.4 is 0 Å². The van der Waals surface area contributed by atoms with E-state index < -0.39 is 24.1 Å². The van der Waals surface area contributed by atoms with Crippen LogP contribution in [0, 0.1) is 0 Å². The Bertz CT molecular complexity index is 337. The highest BCUT2D eigenvalue weighted by Gasteiger charge is 2.48. The molecular formula is C9H10F3NO3. The Labute approximate surface area is 89.7 Å². The van der Waals surface area contributed by atoms with Crippen molar-refractivity contribution in [1.82, 2.24) is 4.90 Å². The van der Waals surface area contributed by atoms with E-state index in [1.165, 1.54) is 0 Å². The molecule has 0 radical (unpaired) electrons. The molecule has 0 saturated carbocycles. The maximum absolute atomic E-state index is 12.2. The number of carbonyl (C=O) groups excluding carboxylic acids is 2. The molecular weight excluding hydrogens is 227 g/mol. The van der Waals surface area contributed by atoms with Gasteiger partial charge in [0.2, 0.25) is 0 Å². The van der Waals surface area contributed by atoms with Gasteiger partial charge in [-0.25, -0.2) is 4.79 Å². The second-order valence-corrected chi connectivity index (χ2v) is 3.42. The number of ether oxygens (including phenoxy) is 1. The molecule has 1 heterocycles. The topological polar surface area (TPSA) is 46.6 Å². The van der Waals surface area contributed by atoms with Gasteiger partial charge in [0.15, 0.2) is 0 Å². The lowest BCUT2D eigenvalue weighted by atomic mass is 10.2. The van der Waals surface area contributed by atoms with Crippen LogP contribution in [-0.4, -0.2) is 42.6 Å². The molecule has 1 aliphatic rings. The predicted molar refractivity (Wildman–Crippen MR) is 47.3 cm³/mol. The molecule has 1 unspecified atom stereocenters. The van der Waals surface area contributed by atoms with E-state index in [4.69, 9.17) is 0 Å². The third-order valence-corrected chi connectivity index (χ3v) is 2.23. The summed E-state index contributed by atoms with van der Waals surface area (Å²) in [5.74, 6) is -2.90. The highest BCUT2D eigenvalue weighted by Crippen LogP contribution is 2.28. The first-order valence-corrected chi connectivity index (χ1v) is 4.39. The van der Waals surface area contributed by atoms with Crippen molar-refractivity contribution in [3.8, 4) is 0 Å². The molecule has 90 valence electrons. The standard InChI is InChI=1S/C9H10F3NO3/c1-5-3-6(7(14)16-2)13(4-5)8(15)9(10,11)12/h6H,1,3-4H2,2H3. The van der Waals surface area contributed by atoms with E-state index >= 15 is 0 Å². The second kappa shape index (κ2) is 4.15. The average molecular weight is 237 g/mol. The average Bonchev–Trinajstić information content (AvgIpc) is 2.56. The molecule has 4 nitrogen and oxygen atoms in total. The van der Waals surface area contributed by atoms with E-state index in [1.807, 2.05) is 0 Å². The second-order valence-electron chi connectivity index (χ2n) is 3.42. The minimum atomic E-state index is -4.99. The van der Waals surface area contributed by atoms with Crippen molar-refractivity contribution in [2.24, 2.45) is 0 Å². The number of halogens is 3. The Balaban J connectivity index is 2.90. The number of methoxy groups -OCH3 is 1. The Kier molecular flexibility index (Phi) is 3.25. The summed E-state index contributed by atoms with van der Waals surface area (Å²) in [5.41, 5.74) is 0.396. The fourth-order valence-electron chi connectivity index (χ4n) is 1.52. The fourth-order valence-corrected chi connectivity index (χ4v) is 1.52. The number of hydrogen-bond acceptors (Lipinski definition) is 3. The summed E-state index contributed by atoms with van der Waals surface area (Å²) in [6.45, 7) is 3.20. The first-order chi connectivity index (χ1) is 7.27. The van der Waals surface area contributed by atoms with Crippen LogP contribution in [0.1, 0.15) is 6.42 Å². The molecule has 0 aromatic rings. The van der Waals surface area contributed by atoms with Crippen LogP contribution in [0.2, 0.25) is 0 Å². The molecule has 0 bridgehead atoms. The Morgan fingerprint density at radius 1 is 1.50 bits per heavy atom. The lowest BCUT2D eigenvalue weighted by Crippen LogP contribution is -2.47. The highest BCUT2D eigenvalue weighted by atomic mass is 19.4. The van der Waals surface area contributed by atoms with Gasteiger partial charge in [-0.05, 0) is 0 Å². The predicted octanol–water partition coefficient (Wildman–Crippen LogP) is 0.879. The highest BCUT2D eigenvalue weighted by molar-refractivity contribution is 5.89. The van der Waals surface area contributed by atoms with E-state index in [0.717, 1.165) is 7.11 Å². The normalized spacial score (nSPS) is 21.1. The van der Waals surface area contributed by atoms with Gasteiger partial charge in [-0.15, -0.1) is 0 Å². The van der Waals surface area contributed by atoms with Crippen LogP contribution >= 0.6 is 0 Å². The molecule has 0 aromatic heterocycles. The van der Waals surface area contributed by atoms with Gasteiger partial charge in [0.1, 0.15) is 6.04 Å². The number of hydrogen-bond donors (Lipinski definition) is 0. The summed E-state index contributed by atoms with van der Waals surface area (Å²) in [4.78, 5) is 22.6. The zero-order valence-corrected chi connectivity index (χ0v) is 8.50. The van der Waals surface area contributed by atoms with Crippen LogP contribution in [0.25, 0.3) is 0 Å². The van der Waals surface area contributed by atoms with Gasteiger partial charge in [0.25, 0.3) is 0 Å². The molecule has 0 spiro atoms. The molecule has 7 heteroatoms. The van der Waals surface area contributed by atoms with Crippen LogP contribution in [0.15, 0.2) is 12.2 Å². The Morgan fingerprint density at radius 3 is 2.50 bits per heavy atom. The van der Waals surface area contributed by atoms with Crippen molar-refractivity contribution in [3.63, 3.8) is 0 Å². The third kappa shape index (κ3) is 2.34. The van der Waals surface area contributed by atoms with Crippen LogP contribution in [0.4, 0.5) is 13.2 Å². The van der Waals surface area contributed by atoms with Crippen molar-refractivity contribution in [2.75, 3.05) is 13.7 Å². The number of alkyl halides is 3. The summed E-state index contributed by atoms with van der Waals surface area (Å²) >= 11 is 0. The number of carbonyl (C=O) groups is 2. The number of nitrogens with zero attached hydrogens (tertiary/aromatic N) is 1. The van der Waals surface area contributed by atoms with Gasteiger partial charge in [-0.3, -0.25) is 4.79 Å². The molecule has 0 N–H and O–H groups in total. The SMILES string of the molecule is C=C1CC(C(=O)OC)N(C(=O)C(F)(F)F)C1. The summed E-state index contributed by atoms with van der Waals surface area (Å²) < 4.78 is 40.9. The van der Waals surface area contributed by atoms with E-state index in [9.17, 15) is 22.8 Å². The van der Waals surface area contributed by atoms with Gasteiger partial charge < -0.3 is 9.64 Å². The zero-order chi connectivity index (χ0) is 12.5. The molecule has 1 aliphatic heterocycles. The Hall–Kier alpha value is -1.53. The van der Waals surface area contributed by atoms with E-state index in [2.05, 4.69) is 11.3 Å². The maximum Gasteiger partial charge on any atom is 0.471 e. The van der Waals surface area contributed by atoms with Crippen LogP contribution in [0.3, 0.4) is 0 Å². The number of rotatable bonds is 1. The molecule has 1 rings (SSSR count). The third-order valence-electron chi connectivity index (χ3n) is 2.23. The minimum absolute atomic E-state index is 0.00843. The van der Waals surface area contributed by atoms with Gasteiger partial charge in [0.05, 0.1) is 7.11 Å². The summed E-state index contributed by atoms with van der Waals surface area (Å²) in [7, 11) is 1.06. The van der Waals surface area contributed by atoms with Crippen molar-refractivity contribution < 1.29 is 27.5 Å². The molecule has 1 saturated heterocycles. The number of amides is 1. The molecule has 0 aliphatic carbocycles. The largest absolute Gasteiger partial charge is 0.471 e. The fraction of sp³-hybridized carbons (Fsp3) is 0.556. The van der Waals surface area contributed by atoms with Gasteiger partial charge >= 0.3 is 18.1 Å². The van der Waals surface area contributed by atoms with Crippen molar-refractivity contribution in [1.29, 1.82) is 0 Å². The molecule has 1 atom stereocenters. The van der Waals surface area contributed by atoms with Gasteiger partial charge in [-0.2, -0.15) is 13.2 Å². The first-order valence-electron chi connectivity index (χ1n) is 4.39. The summed E-state index contributed by atoms with van der Waals surface area (Å²) in [5, 5.41) is 0.